The molecule has 1 aromatic carbocycles. The van der Waals surface area contributed by atoms with Gasteiger partial charge in [0.2, 0.25) is 0 Å². The molecule has 0 N–H and O–H groups in total. The van der Waals surface area contributed by atoms with Crippen molar-refractivity contribution in [1.29, 1.82) is 0 Å². The van der Waals surface area contributed by atoms with E-state index in [1.54, 1.807) is 28.5 Å². The number of amides is 1. The molecule has 5 heterocycles. The molecule has 174 valence electrons. The Kier molecular flexibility index (Phi) is 4.55. The number of piperidine rings is 1. The van der Waals surface area contributed by atoms with Gasteiger partial charge in [-0.1, -0.05) is 0 Å². The van der Waals surface area contributed by atoms with E-state index in [0.29, 0.717) is 29.9 Å². The third-order valence-electron chi connectivity index (χ3n) is 6.87. The van der Waals surface area contributed by atoms with Crippen LogP contribution in [0.25, 0.3) is 16.9 Å². The number of halogens is 3. The summed E-state index contributed by atoms with van der Waals surface area (Å²) in [6.45, 7) is 1.86. The molecule has 2 aliphatic rings. The Morgan fingerprint density at radius 2 is 1.91 bits per heavy atom. The molecule has 10 heteroatoms. The molecule has 2 bridgehead atoms. The van der Waals surface area contributed by atoms with Crippen LogP contribution < -0.4 is 0 Å². The van der Waals surface area contributed by atoms with Crippen LogP contribution in [0.4, 0.5) is 13.2 Å². The van der Waals surface area contributed by atoms with Gasteiger partial charge in [0, 0.05) is 42.8 Å². The molecule has 1 amide bonds. The van der Waals surface area contributed by atoms with E-state index in [-0.39, 0.29) is 29.2 Å². The van der Waals surface area contributed by atoms with Crippen molar-refractivity contribution in [2.24, 2.45) is 7.05 Å². The van der Waals surface area contributed by atoms with Gasteiger partial charge in [0.05, 0.1) is 23.1 Å². The predicted octanol–water partition coefficient (Wildman–Crippen LogP) is 4.15. The fraction of sp³-hybridized carbons (Fsp3) is 0.333. The van der Waals surface area contributed by atoms with E-state index >= 15 is 0 Å². The van der Waals surface area contributed by atoms with E-state index in [2.05, 4.69) is 15.1 Å². The van der Waals surface area contributed by atoms with Crippen LogP contribution in [0.3, 0.4) is 0 Å². The summed E-state index contributed by atoms with van der Waals surface area (Å²) in [4.78, 5) is 24.5. The van der Waals surface area contributed by atoms with Gasteiger partial charge in [0.25, 0.3) is 5.91 Å². The molecule has 4 aromatic rings. The van der Waals surface area contributed by atoms with Crippen molar-refractivity contribution in [3.8, 4) is 11.3 Å². The first-order chi connectivity index (χ1) is 16.3. The van der Waals surface area contributed by atoms with Gasteiger partial charge >= 0.3 is 0 Å². The summed E-state index contributed by atoms with van der Waals surface area (Å²) >= 11 is 0. The maximum absolute atomic E-state index is 14.0. The molecule has 6 rings (SSSR count). The molecule has 1 fully saturated rings. The van der Waals surface area contributed by atoms with Crippen LogP contribution in [0.5, 0.6) is 0 Å². The largest absolute Gasteiger partial charge is 0.325 e. The molecule has 0 aliphatic carbocycles. The van der Waals surface area contributed by atoms with E-state index < -0.39 is 17.5 Å². The van der Waals surface area contributed by atoms with Gasteiger partial charge in [-0.25, -0.2) is 23.1 Å². The van der Waals surface area contributed by atoms with Crippen LogP contribution in [0.15, 0.2) is 30.7 Å². The van der Waals surface area contributed by atoms with Crippen LogP contribution in [0.1, 0.15) is 52.7 Å². The van der Waals surface area contributed by atoms with E-state index in [9.17, 15) is 18.0 Å². The number of aryl methyl sites for hydroxylation is 2. The van der Waals surface area contributed by atoms with Crippen molar-refractivity contribution in [3.63, 3.8) is 0 Å². The lowest BCUT2D eigenvalue weighted by Gasteiger charge is -2.45. The number of rotatable bonds is 2. The normalized spacial score (nSPS) is 19.5. The highest BCUT2D eigenvalue weighted by Crippen LogP contribution is 2.45. The molecular formula is C24H21F3N6O. The second kappa shape index (κ2) is 7.41. The number of aromatic nitrogens is 5. The van der Waals surface area contributed by atoms with Crippen molar-refractivity contribution in [2.75, 3.05) is 0 Å². The van der Waals surface area contributed by atoms with Gasteiger partial charge in [-0.3, -0.25) is 9.48 Å². The maximum atomic E-state index is 14.0. The zero-order valence-electron chi connectivity index (χ0n) is 18.6. The highest BCUT2D eigenvalue weighted by atomic mass is 19.2. The lowest BCUT2D eigenvalue weighted by Crippen LogP contribution is -2.50. The minimum Gasteiger partial charge on any atom is -0.325 e. The molecule has 7 nitrogen and oxygen atoms in total. The number of imidazole rings is 1. The number of benzene rings is 1. The average molecular weight is 466 g/mol. The Morgan fingerprint density at radius 1 is 1.15 bits per heavy atom. The Hall–Kier alpha value is -3.69. The first-order valence-corrected chi connectivity index (χ1v) is 11.2. The zero-order chi connectivity index (χ0) is 23.7. The van der Waals surface area contributed by atoms with Crippen molar-refractivity contribution < 1.29 is 18.0 Å². The summed E-state index contributed by atoms with van der Waals surface area (Å²) in [5.74, 6) is -4.19. The average Bonchev–Trinajstić information content (AvgIpc) is 3.34. The highest BCUT2D eigenvalue weighted by Gasteiger charge is 2.44. The van der Waals surface area contributed by atoms with Crippen molar-refractivity contribution >= 4 is 11.6 Å². The minimum absolute atomic E-state index is 0.116. The molecule has 2 unspecified atom stereocenters. The third-order valence-corrected chi connectivity index (χ3v) is 6.87. The van der Waals surface area contributed by atoms with Crippen LogP contribution in [0.2, 0.25) is 0 Å². The number of hydrogen-bond acceptors (Lipinski definition) is 4. The standard InChI is InChI=1S/C24H21F3N6O/c1-12-11-32-7-6-28-21(23(32)29-12)24(34)33-14-4-3-5-18(33)20-15(10-14)22(31(2)30-20)13-8-16(25)19(27)17(26)9-13/h6-9,11,14,18H,3-5,10H2,1-2H3. The zero-order valence-corrected chi connectivity index (χ0v) is 18.6. The molecule has 0 saturated carbocycles. The lowest BCUT2D eigenvalue weighted by atomic mass is 9.81. The number of carbonyl (C=O) groups excluding carboxylic acids is 1. The number of hydrogen-bond donors (Lipinski definition) is 0. The summed E-state index contributed by atoms with van der Waals surface area (Å²) in [7, 11) is 1.69. The minimum atomic E-state index is -1.50. The summed E-state index contributed by atoms with van der Waals surface area (Å²) in [5.41, 5.74) is 3.90. The van der Waals surface area contributed by atoms with Gasteiger partial charge in [-0.2, -0.15) is 5.10 Å². The van der Waals surface area contributed by atoms with Crippen LogP contribution in [-0.2, 0) is 13.5 Å². The molecule has 1 saturated heterocycles. The van der Waals surface area contributed by atoms with Crippen LogP contribution in [0, 0.1) is 24.4 Å². The topological polar surface area (TPSA) is 68.3 Å². The molecule has 34 heavy (non-hydrogen) atoms. The van der Waals surface area contributed by atoms with Crippen LogP contribution in [-0.4, -0.2) is 41.0 Å². The van der Waals surface area contributed by atoms with E-state index in [1.807, 2.05) is 18.0 Å². The van der Waals surface area contributed by atoms with E-state index in [1.165, 1.54) is 0 Å². The SMILES string of the molecule is Cc1cn2ccnc(C(=O)N3C4CCCC3c3nn(C)c(-c5cc(F)c(F)c(F)c5)c3C4)c2n1. The number of fused-ring (bicyclic) bond motifs is 5. The third kappa shape index (κ3) is 2.97. The van der Waals surface area contributed by atoms with E-state index in [0.717, 1.165) is 36.2 Å². The molecule has 2 atom stereocenters. The molecule has 0 radical (unpaired) electrons. The van der Waals surface area contributed by atoms with Gasteiger partial charge in [0.15, 0.2) is 28.8 Å². The smallest absolute Gasteiger partial charge is 0.277 e. The summed E-state index contributed by atoms with van der Waals surface area (Å²) < 4.78 is 44.9. The lowest BCUT2D eigenvalue weighted by molar-refractivity contribution is 0.0387. The summed E-state index contributed by atoms with van der Waals surface area (Å²) in [6, 6.07) is 1.58. The summed E-state index contributed by atoms with van der Waals surface area (Å²) in [5, 5.41) is 4.67. The second-order valence-electron chi connectivity index (χ2n) is 9.00. The first kappa shape index (κ1) is 20.9. The summed E-state index contributed by atoms with van der Waals surface area (Å²) in [6.07, 6.45) is 8.11. The second-order valence-corrected chi connectivity index (χ2v) is 9.00. The first-order valence-electron chi connectivity index (χ1n) is 11.2. The molecule has 2 aliphatic heterocycles. The van der Waals surface area contributed by atoms with Crippen LogP contribution >= 0.6 is 0 Å². The van der Waals surface area contributed by atoms with Gasteiger partial charge in [-0.15, -0.1) is 0 Å². The molecule has 0 spiro atoms. The molecule has 3 aromatic heterocycles. The maximum Gasteiger partial charge on any atom is 0.277 e. The van der Waals surface area contributed by atoms with Crippen molar-refractivity contribution in [1.82, 2.24) is 29.0 Å². The fourth-order valence-electron chi connectivity index (χ4n) is 5.52. The fourth-order valence-corrected chi connectivity index (χ4v) is 5.52. The van der Waals surface area contributed by atoms with E-state index in [4.69, 9.17) is 0 Å². The van der Waals surface area contributed by atoms with Gasteiger partial charge in [-0.05, 0) is 44.7 Å². The van der Waals surface area contributed by atoms with Gasteiger partial charge < -0.3 is 9.30 Å². The predicted molar refractivity (Wildman–Crippen MR) is 116 cm³/mol. The van der Waals surface area contributed by atoms with Gasteiger partial charge in [0.1, 0.15) is 0 Å². The number of carbonyl (C=O) groups is 1. The Morgan fingerprint density at radius 3 is 2.68 bits per heavy atom. The Bertz CT molecular complexity index is 1450. The Labute approximate surface area is 192 Å². The monoisotopic (exact) mass is 466 g/mol. The quantitative estimate of drug-likeness (QED) is 0.417. The number of nitrogens with zero attached hydrogens (tertiary/aromatic N) is 6. The van der Waals surface area contributed by atoms with Crippen molar-refractivity contribution in [3.05, 3.63) is 70.8 Å². The highest BCUT2D eigenvalue weighted by molar-refractivity contribution is 5.98. The Balaban J connectivity index is 1.45. The van der Waals surface area contributed by atoms with Crippen molar-refractivity contribution in [2.45, 2.75) is 44.7 Å². The molecular weight excluding hydrogens is 445 g/mol.